The molecule has 9 heteroatoms. The first-order chi connectivity index (χ1) is 12.3. The van der Waals surface area contributed by atoms with Crippen LogP contribution in [0.2, 0.25) is 0 Å². The summed E-state index contributed by atoms with van der Waals surface area (Å²) in [6.07, 6.45) is 2.25. The second-order valence-electron chi connectivity index (χ2n) is 6.36. The minimum atomic E-state index is -2.70. The van der Waals surface area contributed by atoms with Crippen molar-refractivity contribution in [3.63, 3.8) is 0 Å². The van der Waals surface area contributed by atoms with Gasteiger partial charge in [0.05, 0.1) is 26.5 Å². The van der Waals surface area contributed by atoms with Gasteiger partial charge in [0.25, 0.3) is 0 Å². The maximum Gasteiger partial charge on any atom is 0.233 e. The topological polar surface area (TPSA) is 108 Å². The van der Waals surface area contributed by atoms with Crippen LogP contribution in [0.1, 0.15) is 26.7 Å². The zero-order chi connectivity index (χ0) is 18.9. The maximum atomic E-state index is 12.4. The van der Waals surface area contributed by atoms with Gasteiger partial charge in [-0.25, -0.2) is 14.0 Å². The summed E-state index contributed by atoms with van der Waals surface area (Å²) in [5.74, 6) is 0.665. The fourth-order valence-corrected chi connectivity index (χ4v) is 4.24. The highest BCUT2D eigenvalue weighted by Crippen LogP contribution is 2.34. The molecule has 1 aromatic carbocycles. The summed E-state index contributed by atoms with van der Waals surface area (Å²) >= 11 is 3.33. The molecule has 140 valence electrons. The van der Waals surface area contributed by atoms with E-state index in [0.29, 0.717) is 21.2 Å². The van der Waals surface area contributed by atoms with Gasteiger partial charge in [0, 0.05) is 15.8 Å². The van der Waals surface area contributed by atoms with E-state index < -0.39 is 21.9 Å². The minimum absolute atomic E-state index is 0.00766. The van der Waals surface area contributed by atoms with Crippen LogP contribution >= 0.6 is 15.9 Å². The molecule has 0 unspecified atom stereocenters. The highest BCUT2D eigenvalue weighted by Gasteiger charge is 2.33. The summed E-state index contributed by atoms with van der Waals surface area (Å²) in [5, 5.41) is 12.6. The van der Waals surface area contributed by atoms with Crippen LogP contribution in [-0.2, 0) is 9.73 Å². The Morgan fingerprint density at radius 1 is 1.35 bits per heavy atom. The number of aliphatic hydroxyl groups is 1. The predicted molar refractivity (Wildman–Crippen MR) is 103 cm³/mol. The SMILES string of the molecule is C[C@@H](O)[C@@H](C)Oc1nc(Nc2ccc([S@](=N)(=O)C3CC3)cc2)ncc1Br. The van der Waals surface area contributed by atoms with E-state index >= 15 is 0 Å². The van der Waals surface area contributed by atoms with Gasteiger partial charge < -0.3 is 15.2 Å². The van der Waals surface area contributed by atoms with Gasteiger partial charge in [-0.05, 0) is 66.9 Å². The van der Waals surface area contributed by atoms with Crippen molar-refractivity contribution in [3.05, 3.63) is 34.9 Å². The lowest BCUT2D eigenvalue weighted by atomic mass is 10.3. The van der Waals surface area contributed by atoms with E-state index in [9.17, 15) is 9.32 Å². The highest BCUT2D eigenvalue weighted by atomic mass is 79.9. The number of nitrogens with zero attached hydrogens (tertiary/aromatic N) is 2. The third-order valence-electron chi connectivity index (χ3n) is 4.14. The Balaban J connectivity index is 1.74. The van der Waals surface area contributed by atoms with E-state index in [2.05, 4.69) is 31.2 Å². The quantitative estimate of drug-likeness (QED) is 0.605. The first kappa shape index (κ1) is 19.1. The summed E-state index contributed by atoms with van der Waals surface area (Å²) in [6.45, 7) is 3.40. The predicted octanol–water partition coefficient (Wildman–Crippen LogP) is 3.70. The van der Waals surface area contributed by atoms with E-state index in [1.54, 1.807) is 44.3 Å². The molecule has 1 aromatic heterocycles. The number of hydrogen-bond acceptors (Lipinski definition) is 7. The minimum Gasteiger partial charge on any atom is -0.471 e. The number of benzene rings is 1. The molecule has 1 aliphatic rings. The Morgan fingerprint density at radius 3 is 2.58 bits per heavy atom. The normalized spacial score (nSPS) is 18.6. The monoisotopic (exact) mass is 440 g/mol. The standard InChI is InChI=1S/C17H21BrN4O3S/c1-10(23)11(2)25-16-15(18)9-20-17(22-16)21-12-3-5-13(6-4-12)26(19,24)14-7-8-14/h3-6,9-11,14,19,23H,7-8H2,1-2H3,(H,20,21,22)/t10-,11-,26+/m1/s1. The van der Waals surface area contributed by atoms with Crippen LogP contribution in [0.5, 0.6) is 5.88 Å². The molecule has 1 heterocycles. The Hall–Kier alpha value is -1.71. The third kappa shape index (κ3) is 4.33. The number of rotatable bonds is 7. The molecule has 3 N–H and O–H groups in total. The van der Waals surface area contributed by atoms with Crippen LogP contribution in [0.4, 0.5) is 11.6 Å². The van der Waals surface area contributed by atoms with E-state index in [1.165, 1.54) is 0 Å². The number of hydrogen-bond donors (Lipinski definition) is 3. The summed E-state index contributed by atoms with van der Waals surface area (Å²) < 4.78 is 26.7. The van der Waals surface area contributed by atoms with Gasteiger partial charge in [-0.1, -0.05) is 0 Å². The van der Waals surface area contributed by atoms with E-state index in [-0.39, 0.29) is 5.25 Å². The zero-order valence-electron chi connectivity index (χ0n) is 14.5. The molecule has 0 amide bonds. The van der Waals surface area contributed by atoms with Crippen molar-refractivity contribution in [2.75, 3.05) is 5.32 Å². The van der Waals surface area contributed by atoms with Gasteiger partial charge in [0.15, 0.2) is 0 Å². The second-order valence-corrected chi connectivity index (χ2v) is 9.55. The summed E-state index contributed by atoms with van der Waals surface area (Å²) in [5.41, 5.74) is 0.719. The van der Waals surface area contributed by atoms with Gasteiger partial charge in [-0.15, -0.1) is 0 Å². The number of ether oxygens (including phenoxy) is 1. The molecule has 2 aromatic rings. The van der Waals surface area contributed by atoms with Crippen LogP contribution in [0.15, 0.2) is 39.8 Å². The molecule has 3 atom stereocenters. The zero-order valence-corrected chi connectivity index (χ0v) is 16.9. The summed E-state index contributed by atoms with van der Waals surface area (Å²) in [6, 6.07) is 6.94. The Labute approximate surface area is 161 Å². The first-order valence-electron chi connectivity index (χ1n) is 8.29. The molecule has 26 heavy (non-hydrogen) atoms. The number of nitrogens with one attached hydrogen (secondary N) is 2. The van der Waals surface area contributed by atoms with Crippen molar-refractivity contribution >= 4 is 37.3 Å². The van der Waals surface area contributed by atoms with Crippen LogP contribution in [0.3, 0.4) is 0 Å². The largest absolute Gasteiger partial charge is 0.471 e. The molecule has 3 rings (SSSR count). The van der Waals surface area contributed by atoms with Gasteiger partial charge >= 0.3 is 0 Å². The maximum absolute atomic E-state index is 12.4. The molecule has 0 bridgehead atoms. The molecular formula is C17H21BrN4O3S. The number of anilines is 2. The molecule has 7 nitrogen and oxygen atoms in total. The van der Waals surface area contributed by atoms with Crippen molar-refractivity contribution in [3.8, 4) is 5.88 Å². The van der Waals surface area contributed by atoms with Crippen LogP contribution < -0.4 is 10.1 Å². The lowest BCUT2D eigenvalue weighted by Crippen LogP contribution is -2.26. The molecule has 0 saturated heterocycles. The second kappa shape index (κ2) is 7.50. The van der Waals surface area contributed by atoms with Gasteiger partial charge in [-0.2, -0.15) is 4.98 Å². The fourth-order valence-electron chi connectivity index (χ4n) is 2.23. The number of halogens is 1. The lowest BCUT2D eigenvalue weighted by molar-refractivity contribution is 0.0569. The molecule has 0 radical (unpaired) electrons. The average Bonchev–Trinajstić information content (AvgIpc) is 3.44. The van der Waals surface area contributed by atoms with E-state index in [4.69, 9.17) is 9.52 Å². The summed E-state index contributed by atoms with van der Waals surface area (Å²) in [7, 11) is -2.70. The van der Waals surface area contributed by atoms with Crippen LogP contribution in [-0.4, -0.2) is 36.7 Å². The molecular weight excluding hydrogens is 420 g/mol. The van der Waals surface area contributed by atoms with Crippen LogP contribution in [0, 0.1) is 4.78 Å². The Kier molecular flexibility index (Phi) is 5.50. The third-order valence-corrected chi connectivity index (χ3v) is 7.07. The van der Waals surface area contributed by atoms with E-state index in [0.717, 1.165) is 18.5 Å². The fraction of sp³-hybridized carbons (Fsp3) is 0.412. The van der Waals surface area contributed by atoms with Gasteiger partial charge in [-0.3, -0.25) is 0 Å². The Bertz CT molecular complexity index is 883. The molecule has 1 aliphatic carbocycles. The average molecular weight is 441 g/mol. The van der Waals surface area contributed by atoms with Crippen molar-refractivity contribution in [1.82, 2.24) is 9.97 Å². The highest BCUT2D eigenvalue weighted by molar-refractivity contribution is 9.10. The number of aromatic nitrogens is 2. The molecule has 0 aliphatic heterocycles. The van der Waals surface area contributed by atoms with Crippen LogP contribution in [0.25, 0.3) is 0 Å². The van der Waals surface area contributed by atoms with E-state index in [1.807, 2.05) is 0 Å². The molecule has 0 spiro atoms. The van der Waals surface area contributed by atoms with Crippen molar-refractivity contribution in [2.24, 2.45) is 0 Å². The van der Waals surface area contributed by atoms with Crippen molar-refractivity contribution in [2.45, 2.75) is 49.0 Å². The number of aliphatic hydroxyl groups excluding tert-OH is 1. The van der Waals surface area contributed by atoms with Crippen molar-refractivity contribution < 1.29 is 14.1 Å². The lowest BCUT2D eigenvalue weighted by Gasteiger charge is -2.17. The van der Waals surface area contributed by atoms with Crippen molar-refractivity contribution in [1.29, 1.82) is 4.78 Å². The molecule has 1 fully saturated rings. The molecule has 1 saturated carbocycles. The Morgan fingerprint density at radius 2 is 2.00 bits per heavy atom. The van der Waals surface area contributed by atoms with Gasteiger partial charge in [0.1, 0.15) is 6.10 Å². The smallest absolute Gasteiger partial charge is 0.233 e. The first-order valence-corrected chi connectivity index (χ1v) is 10.7. The summed E-state index contributed by atoms with van der Waals surface area (Å²) in [4.78, 5) is 9.05. The van der Waals surface area contributed by atoms with Gasteiger partial charge in [0.2, 0.25) is 11.8 Å².